The third kappa shape index (κ3) is 3.71. The summed E-state index contributed by atoms with van der Waals surface area (Å²) in [5.41, 5.74) is 6.18. The number of carbonyl (C=O) groups is 1. The van der Waals surface area contributed by atoms with Gasteiger partial charge >= 0.3 is 0 Å². The van der Waals surface area contributed by atoms with Gasteiger partial charge in [-0.2, -0.15) is 0 Å². The highest BCUT2D eigenvalue weighted by atomic mass is 35.5. The molecule has 0 radical (unpaired) electrons. The van der Waals surface area contributed by atoms with Crippen molar-refractivity contribution in [3.8, 4) is 0 Å². The first-order valence-electron chi connectivity index (χ1n) is 5.80. The summed E-state index contributed by atoms with van der Waals surface area (Å²) in [5.74, 6) is -0.276. The molecule has 1 amide bonds. The van der Waals surface area contributed by atoms with Gasteiger partial charge in [0, 0.05) is 18.1 Å². The summed E-state index contributed by atoms with van der Waals surface area (Å²) in [6.45, 7) is 0. The van der Waals surface area contributed by atoms with E-state index in [1.807, 2.05) is 0 Å². The smallest absolute Gasteiger partial charge is 0.257 e. The Kier molecular flexibility index (Phi) is 4.15. The lowest BCUT2D eigenvalue weighted by molar-refractivity contribution is 0.102. The number of nitrogens with two attached hydrogens (primary N) is 1. The molecular weight excluding hydrogens is 314 g/mol. The second kappa shape index (κ2) is 5.71. The maximum atomic E-state index is 12.0. The number of halogens is 1. The number of anilines is 2. The molecule has 0 atom stereocenters. The van der Waals surface area contributed by atoms with Crippen molar-refractivity contribution in [2.24, 2.45) is 0 Å². The van der Waals surface area contributed by atoms with Gasteiger partial charge in [-0.25, -0.2) is 13.4 Å². The number of aromatic nitrogens is 1. The molecule has 0 saturated carbocycles. The molecule has 8 heteroatoms. The Balaban J connectivity index is 2.18. The number of nitrogen functional groups attached to an aromatic ring is 1. The predicted octanol–water partition coefficient (Wildman–Crippen LogP) is 1.97. The summed E-state index contributed by atoms with van der Waals surface area (Å²) in [4.78, 5) is 16.0. The Labute approximate surface area is 126 Å². The molecule has 0 saturated heterocycles. The van der Waals surface area contributed by atoms with E-state index in [0.29, 0.717) is 5.69 Å². The maximum absolute atomic E-state index is 12.0. The number of sulfone groups is 1. The van der Waals surface area contributed by atoms with Crippen LogP contribution in [0, 0.1) is 0 Å². The van der Waals surface area contributed by atoms with Crippen LogP contribution in [0.1, 0.15) is 10.4 Å². The first-order valence-corrected chi connectivity index (χ1v) is 8.07. The third-order valence-electron chi connectivity index (χ3n) is 2.67. The fraction of sp³-hybridized carbons (Fsp3) is 0.0769. The normalized spacial score (nSPS) is 11.1. The third-order valence-corrected chi connectivity index (χ3v) is 4.10. The molecule has 0 unspecified atom stereocenters. The van der Waals surface area contributed by atoms with E-state index < -0.39 is 15.7 Å². The van der Waals surface area contributed by atoms with Gasteiger partial charge < -0.3 is 11.1 Å². The van der Waals surface area contributed by atoms with E-state index >= 15 is 0 Å². The fourth-order valence-corrected chi connectivity index (χ4v) is 2.36. The van der Waals surface area contributed by atoms with E-state index in [0.717, 1.165) is 6.26 Å². The lowest BCUT2D eigenvalue weighted by Gasteiger charge is -2.06. The quantitative estimate of drug-likeness (QED) is 0.898. The Hall–Kier alpha value is -2.12. The van der Waals surface area contributed by atoms with Crippen molar-refractivity contribution in [1.82, 2.24) is 4.98 Å². The molecule has 3 N–H and O–H groups in total. The highest BCUT2D eigenvalue weighted by Crippen LogP contribution is 2.18. The Morgan fingerprint density at radius 1 is 1.29 bits per heavy atom. The Morgan fingerprint density at radius 2 is 1.90 bits per heavy atom. The van der Waals surface area contributed by atoms with Crippen molar-refractivity contribution in [2.75, 3.05) is 17.3 Å². The largest absolute Gasteiger partial charge is 0.382 e. The van der Waals surface area contributed by atoms with Crippen molar-refractivity contribution >= 4 is 38.9 Å². The van der Waals surface area contributed by atoms with Crippen molar-refractivity contribution < 1.29 is 13.2 Å². The second-order valence-electron chi connectivity index (χ2n) is 4.34. The van der Waals surface area contributed by atoms with Crippen LogP contribution in [0.4, 0.5) is 11.5 Å². The van der Waals surface area contributed by atoms with Gasteiger partial charge in [0.2, 0.25) is 0 Å². The zero-order valence-electron chi connectivity index (χ0n) is 11.0. The van der Waals surface area contributed by atoms with Crippen molar-refractivity contribution in [1.29, 1.82) is 0 Å². The number of rotatable bonds is 3. The Morgan fingerprint density at radius 3 is 2.43 bits per heavy atom. The van der Waals surface area contributed by atoms with Crippen LogP contribution in [0.5, 0.6) is 0 Å². The summed E-state index contributed by atoms with van der Waals surface area (Å²) >= 11 is 5.80. The number of benzene rings is 1. The molecule has 0 aliphatic carbocycles. The zero-order chi connectivity index (χ0) is 15.6. The standard InChI is InChI=1S/C13H12ClN3O3S/c1-21(19,20)10-4-2-9(3-5-10)17-13(18)8-6-11(14)12(15)16-7-8/h2-7H,1H3,(H2,15,16)(H,17,18). The zero-order valence-corrected chi connectivity index (χ0v) is 12.6. The van der Waals surface area contributed by atoms with Gasteiger partial charge in [-0.1, -0.05) is 11.6 Å². The van der Waals surface area contributed by atoms with Crippen LogP contribution in [0.3, 0.4) is 0 Å². The van der Waals surface area contributed by atoms with Gasteiger partial charge in [0.15, 0.2) is 9.84 Å². The van der Waals surface area contributed by atoms with Crippen LogP contribution in [0.25, 0.3) is 0 Å². The SMILES string of the molecule is CS(=O)(=O)c1ccc(NC(=O)c2cnc(N)c(Cl)c2)cc1. The highest BCUT2D eigenvalue weighted by Gasteiger charge is 2.10. The molecule has 1 aromatic heterocycles. The lowest BCUT2D eigenvalue weighted by atomic mass is 10.2. The lowest BCUT2D eigenvalue weighted by Crippen LogP contribution is -2.12. The average Bonchev–Trinajstić information content (AvgIpc) is 2.41. The van der Waals surface area contributed by atoms with Crippen LogP contribution >= 0.6 is 11.6 Å². The van der Waals surface area contributed by atoms with Crippen molar-refractivity contribution in [3.63, 3.8) is 0 Å². The molecule has 0 aliphatic rings. The minimum atomic E-state index is -3.26. The number of nitrogens with one attached hydrogen (secondary N) is 1. The fourth-order valence-electron chi connectivity index (χ4n) is 1.56. The predicted molar refractivity (Wildman–Crippen MR) is 81.2 cm³/mol. The van der Waals surface area contributed by atoms with Crippen LogP contribution in [-0.4, -0.2) is 25.6 Å². The van der Waals surface area contributed by atoms with Gasteiger partial charge in [-0.15, -0.1) is 0 Å². The van der Waals surface area contributed by atoms with Gasteiger partial charge in [0.05, 0.1) is 15.5 Å². The molecule has 2 aromatic rings. The van der Waals surface area contributed by atoms with Gasteiger partial charge in [0.1, 0.15) is 5.82 Å². The summed E-state index contributed by atoms with van der Waals surface area (Å²) < 4.78 is 22.7. The monoisotopic (exact) mass is 325 g/mol. The topological polar surface area (TPSA) is 102 Å². The second-order valence-corrected chi connectivity index (χ2v) is 6.76. The maximum Gasteiger partial charge on any atom is 0.257 e. The molecule has 1 aromatic carbocycles. The number of hydrogen-bond acceptors (Lipinski definition) is 5. The summed E-state index contributed by atoms with van der Waals surface area (Å²) in [6.07, 6.45) is 2.42. The number of nitrogens with zero attached hydrogens (tertiary/aromatic N) is 1. The molecule has 6 nitrogen and oxygen atoms in total. The molecule has 0 fully saturated rings. The minimum Gasteiger partial charge on any atom is -0.382 e. The summed E-state index contributed by atoms with van der Waals surface area (Å²) in [7, 11) is -3.26. The van der Waals surface area contributed by atoms with Crippen LogP contribution in [0.15, 0.2) is 41.4 Å². The van der Waals surface area contributed by atoms with Gasteiger partial charge in [-0.05, 0) is 30.3 Å². The molecule has 110 valence electrons. The first-order chi connectivity index (χ1) is 9.77. The van der Waals surface area contributed by atoms with E-state index in [1.165, 1.54) is 36.5 Å². The van der Waals surface area contributed by atoms with Crippen molar-refractivity contribution in [3.05, 3.63) is 47.1 Å². The van der Waals surface area contributed by atoms with Crippen LogP contribution in [-0.2, 0) is 9.84 Å². The number of carbonyl (C=O) groups excluding carboxylic acids is 1. The van der Waals surface area contributed by atoms with Crippen LogP contribution < -0.4 is 11.1 Å². The van der Waals surface area contributed by atoms with Gasteiger partial charge in [-0.3, -0.25) is 4.79 Å². The summed E-state index contributed by atoms with van der Waals surface area (Å²) in [5, 5.41) is 2.80. The summed E-state index contributed by atoms with van der Waals surface area (Å²) in [6, 6.07) is 7.24. The highest BCUT2D eigenvalue weighted by molar-refractivity contribution is 7.90. The number of hydrogen-bond donors (Lipinski definition) is 2. The molecular formula is C13H12ClN3O3S. The Bertz CT molecular complexity index is 789. The van der Waals surface area contributed by atoms with E-state index in [2.05, 4.69) is 10.3 Å². The van der Waals surface area contributed by atoms with Crippen LogP contribution in [0.2, 0.25) is 5.02 Å². The van der Waals surface area contributed by atoms with E-state index in [9.17, 15) is 13.2 Å². The molecule has 0 spiro atoms. The van der Waals surface area contributed by atoms with Gasteiger partial charge in [0.25, 0.3) is 5.91 Å². The minimum absolute atomic E-state index is 0.144. The average molecular weight is 326 g/mol. The first kappa shape index (κ1) is 15.3. The molecule has 0 bridgehead atoms. The van der Waals surface area contributed by atoms with E-state index in [-0.39, 0.29) is 21.3 Å². The van der Waals surface area contributed by atoms with Crippen molar-refractivity contribution in [2.45, 2.75) is 4.90 Å². The molecule has 1 heterocycles. The molecule has 21 heavy (non-hydrogen) atoms. The molecule has 0 aliphatic heterocycles. The number of pyridine rings is 1. The van der Waals surface area contributed by atoms with E-state index in [4.69, 9.17) is 17.3 Å². The molecule has 2 rings (SSSR count). The van der Waals surface area contributed by atoms with E-state index in [1.54, 1.807) is 0 Å². The number of amides is 1.